The summed E-state index contributed by atoms with van der Waals surface area (Å²) in [5.74, 6) is -0.967. The van der Waals surface area contributed by atoms with Crippen molar-refractivity contribution in [2.45, 2.75) is 6.61 Å². The number of nitrogens with zero attached hydrogens (tertiary/aromatic N) is 1. The van der Waals surface area contributed by atoms with Gasteiger partial charge in [0.15, 0.2) is 11.5 Å². The minimum atomic E-state index is -0.722. The lowest BCUT2D eigenvalue weighted by atomic mass is 10.1. The van der Waals surface area contributed by atoms with Crippen LogP contribution in [0.5, 0.6) is 11.5 Å². The Balaban J connectivity index is 1.82. The normalized spacial score (nSPS) is 14.6. The largest absolute Gasteiger partial charge is 0.493 e. The fourth-order valence-corrected chi connectivity index (χ4v) is 3.22. The number of carbonyl (C=O) groups is 3. The van der Waals surface area contributed by atoms with E-state index in [4.69, 9.17) is 9.47 Å². The summed E-state index contributed by atoms with van der Waals surface area (Å²) in [7, 11) is 2.62. The van der Waals surface area contributed by atoms with Crippen molar-refractivity contribution in [2.24, 2.45) is 0 Å². The average Bonchev–Trinajstić information content (AvgIpc) is 3.01. The second kappa shape index (κ2) is 9.61. The molecule has 2 aromatic carbocycles. The summed E-state index contributed by atoms with van der Waals surface area (Å²) in [6.45, 7) is -0.367. The predicted molar refractivity (Wildman–Crippen MR) is 112 cm³/mol. The first-order valence-electron chi connectivity index (χ1n) is 8.98. The zero-order valence-corrected chi connectivity index (χ0v) is 18.2. The Bertz CT molecular complexity index is 1070. The molecule has 0 unspecified atom stereocenters. The highest BCUT2D eigenvalue weighted by Gasteiger charge is 2.35. The first-order valence-corrected chi connectivity index (χ1v) is 9.77. The third-order valence-electron chi connectivity index (χ3n) is 4.34. The van der Waals surface area contributed by atoms with Gasteiger partial charge in [-0.1, -0.05) is 28.1 Å². The van der Waals surface area contributed by atoms with Gasteiger partial charge in [-0.3, -0.25) is 9.59 Å². The Kier molecular flexibility index (Phi) is 6.91. The van der Waals surface area contributed by atoms with Crippen LogP contribution in [-0.2, 0) is 20.9 Å². The van der Waals surface area contributed by atoms with Crippen LogP contribution in [0.3, 0.4) is 0 Å². The number of urea groups is 1. The fraction of sp³-hybridized carbons (Fsp3) is 0.190. The van der Waals surface area contributed by atoms with Crippen molar-refractivity contribution in [2.75, 3.05) is 20.8 Å². The van der Waals surface area contributed by atoms with Gasteiger partial charge in [-0.05, 0) is 41.5 Å². The summed E-state index contributed by atoms with van der Waals surface area (Å²) in [6, 6.07) is 8.57. The molecular formula is C21H18BrFN2O6. The Hall–Kier alpha value is -3.40. The highest BCUT2D eigenvalue weighted by Crippen LogP contribution is 2.35. The standard InChI is InChI=1S/C21H18BrFN2O6/c1-29-17-8-13(7-16-20(27)25(21(28)24-16)10-19(26)30-2)15(22)9-18(17)31-11-12-4-3-5-14(23)6-12/h3-9H,10-11H2,1-2H3,(H,24,28). The number of hydrogen-bond acceptors (Lipinski definition) is 6. The predicted octanol–water partition coefficient (Wildman–Crippen LogP) is 3.24. The molecule has 1 aliphatic heterocycles. The van der Waals surface area contributed by atoms with E-state index in [0.717, 1.165) is 4.90 Å². The van der Waals surface area contributed by atoms with E-state index in [9.17, 15) is 18.8 Å². The summed E-state index contributed by atoms with van der Waals surface area (Å²) >= 11 is 3.41. The van der Waals surface area contributed by atoms with Crippen LogP contribution in [0.4, 0.5) is 9.18 Å². The van der Waals surface area contributed by atoms with E-state index in [1.54, 1.807) is 24.3 Å². The highest BCUT2D eigenvalue weighted by molar-refractivity contribution is 9.10. The Morgan fingerprint density at radius 2 is 1.97 bits per heavy atom. The number of halogens is 2. The Labute approximate surface area is 185 Å². The van der Waals surface area contributed by atoms with Gasteiger partial charge in [0.25, 0.3) is 5.91 Å². The fourth-order valence-electron chi connectivity index (χ4n) is 2.79. The molecule has 0 aliphatic carbocycles. The molecule has 8 nitrogen and oxygen atoms in total. The van der Waals surface area contributed by atoms with Gasteiger partial charge >= 0.3 is 12.0 Å². The molecule has 3 amide bonds. The smallest absolute Gasteiger partial charge is 0.329 e. The quantitative estimate of drug-likeness (QED) is 0.362. The van der Waals surface area contributed by atoms with E-state index in [2.05, 4.69) is 26.0 Å². The van der Waals surface area contributed by atoms with Crippen molar-refractivity contribution in [3.05, 3.63) is 63.5 Å². The molecule has 0 radical (unpaired) electrons. The number of carbonyl (C=O) groups excluding carboxylic acids is 3. The summed E-state index contributed by atoms with van der Waals surface area (Å²) in [5, 5.41) is 2.43. The topological polar surface area (TPSA) is 94.2 Å². The van der Waals surface area contributed by atoms with Crippen molar-refractivity contribution < 1.29 is 33.0 Å². The van der Waals surface area contributed by atoms with Crippen LogP contribution in [0.2, 0.25) is 0 Å². The summed E-state index contributed by atoms with van der Waals surface area (Å²) in [5.41, 5.74) is 1.16. The molecule has 1 fully saturated rings. The number of nitrogens with one attached hydrogen (secondary N) is 1. The van der Waals surface area contributed by atoms with Crippen LogP contribution < -0.4 is 14.8 Å². The van der Waals surface area contributed by atoms with Gasteiger partial charge in [0.1, 0.15) is 24.7 Å². The van der Waals surface area contributed by atoms with Crippen LogP contribution in [0.1, 0.15) is 11.1 Å². The van der Waals surface area contributed by atoms with Crippen molar-refractivity contribution in [1.29, 1.82) is 0 Å². The number of imide groups is 1. The van der Waals surface area contributed by atoms with Gasteiger partial charge in [-0.2, -0.15) is 0 Å². The molecule has 1 saturated heterocycles. The molecule has 31 heavy (non-hydrogen) atoms. The molecule has 10 heteroatoms. The van der Waals surface area contributed by atoms with Gasteiger partial charge in [0, 0.05) is 4.47 Å². The maximum absolute atomic E-state index is 13.3. The molecule has 1 N–H and O–H groups in total. The second-order valence-corrected chi connectivity index (χ2v) is 7.25. The number of benzene rings is 2. The summed E-state index contributed by atoms with van der Waals surface area (Å²) in [4.78, 5) is 36.6. The average molecular weight is 493 g/mol. The molecule has 162 valence electrons. The number of ether oxygens (including phenoxy) is 3. The maximum Gasteiger partial charge on any atom is 0.329 e. The molecule has 1 heterocycles. The first-order chi connectivity index (χ1) is 14.8. The Morgan fingerprint density at radius 1 is 1.19 bits per heavy atom. The van der Waals surface area contributed by atoms with Gasteiger partial charge in [0.05, 0.1) is 14.2 Å². The summed E-state index contributed by atoms with van der Waals surface area (Å²) in [6.07, 6.45) is 1.44. The zero-order valence-electron chi connectivity index (χ0n) is 16.6. The third kappa shape index (κ3) is 5.21. The maximum atomic E-state index is 13.3. The first kappa shape index (κ1) is 22.3. The lowest BCUT2D eigenvalue weighted by molar-refractivity contribution is -0.143. The number of methoxy groups -OCH3 is 2. The molecule has 0 bridgehead atoms. The van der Waals surface area contributed by atoms with Crippen molar-refractivity contribution >= 4 is 39.9 Å². The minimum Gasteiger partial charge on any atom is -0.493 e. The molecule has 0 spiro atoms. The minimum absolute atomic E-state index is 0.00918. The summed E-state index contributed by atoms with van der Waals surface area (Å²) < 4.78 is 29.5. The van der Waals surface area contributed by atoms with Crippen LogP contribution >= 0.6 is 15.9 Å². The molecule has 3 rings (SSSR count). The molecule has 0 aromatic heterocycles. The van der Waals surface area contributed by atoms with E-state index in [1.165, 1.54) is 32.4 Å². The number of esters is 1. The lowest BCUT2D eigenvalue weighted by Gasteiger charge is -2.13. The third-order valence-corrected chi connectivity index (χ3v) is 5.03. The van der Waals surface area contributed by atoms with E-state index in [1.807, 2.05) is 0 Å². The van der Waals surface area contributed by atoms with Crippen molar-refractivity contribution in [3.63, 3.8) is 0 Å². The molecule has 1 aliphatic rings. The zero-order chi connectivity index (χ0) is 22.5. The molecule has 0 atom stereocenters. The van der Waals surface area contributed by atoms with Crippen molar-refractivity contribution in [1.82, 2.24) is 10.2 Å². The van der Waals surface area contributed by atoms with Gasteiger partial charge in [-0.25, -0.2) is 14.1 Å². The lowest BCUT2D eigenvalue weighted by Crippen LogP contribution is -2.36. The van der Waals surface area contributed by atoms with Crippen LogP contribution in [0.25, 0.3) is 6.08 Å². The molecular weight excluding hydrogens is 475 g/mol. The SMILES string of the molecule is COC(=O)CN1C(=O)NC(=Cc2cc(OC)c(OCc3cccc(F)c3)cc2Br)C1=O. The monoisotopic (exact) mass is 492 g/mol. The second-order valence-electron chi connectivity index (χ2n) is 6.40. The number of hydrogen-bond donors (Lipinski definition) is 1. The van der Waals surface area contributed by atoms with Crippen LogP contribution in [-0.4, -0.2) is 43.6 Å². The van der Waals surface area contributed by atoms with Gasteiger partial charge in [0.2, 0.25) is 0 Å². The van der Waals surface area contributed by atoms with E-state index < -0.39 is 24.5 Å². The Morgan fingerprint density at radius 3 is 2.65 bits per heavy atom. The van der Waals surface area contributed by atoms with Crippen LogP contribution in [0.15, 0.2) is 46.6 Å². The van der Waals surface area contributed by atoms with E-state index >= 15 is 0 Å². The van der Waals surface area contributed by atoms with E-state index in [0.29, 0.717) is 27.1 Å². The van der Waals surface area contributed by atoms with Gasteiger partial charge < -0.3 is 19.5 Å². The molecule has 2 aromatic rings. The van der Waals surface area contributed by atoms with Crippen LogP contribution in [0, 0.1) is 5.82 Å². The van der Waals surface area contributed by atoms with Gasteiger partial charge in [-0.15, -0.1) is 0 Å². The van der Waals surface area contributed by atoms with E-state index in [-0.39, 0.29) is 18.1 Å². The van der Waals surface area contributed by atoms with Crippen molar-refractivity contribution in [3.8, 4) is 11.5 Å². The number of amides is 3. The molecule has 0 saturated carbocycles. The highest BCUT2D eigenvalue weighted by atomic mass is 79.9. The number of rotatable bonds is 7.